The predicted molar refractivity (Wildman–Crippen MR) is 134 cm³/mol. The second-order valence-corrected chi connectivity index (χ2v) is 10.6. The van der Waals surface area contributed by atoms with Gasteiger partial charge in [0.05, 0.1) is 45.4 Å². The summed E-state index contributed by atoms with van der Waals surface area (Å²) in [4.78, 5) is 43.3. The summed E-state index contributed by atoms with van der Waals surface area (Å²) in [7, 11) is 0. The standard InChI is InChI=1S/C25H29Cl2F3N4O4/c1-4-14(5-2)33(13-19(35)20-17(26)11-31-12-18(20)27)22(36)16-10-32-34(21(16)25(28,29)30)15-6-8-24(3,9-7-15)23(37)38/h10-12,14-15H,4-9,13H2,1-3H3,(H,37,38). The van der Waals surface area contributed by atoms with Gasteiger partial charge < -0.3 is 10.0 Å². The van der Waals surface area contributed by atoms with E-state index in [9.17, 15) is 32.7 Å². The van der Waals surface area contributed by atoms with Crippen molar-refractivity contribution >= 4 is 40.9 Å². The average molecular weight is 577 g/mol. The molecule has 1 saturated carbocycles. The van der Waals surface area contributed by atoms with Gasteiger partial charge in [0.25, 0.3) is 5.91 Å². The zero-order chi connectivity index (χ0) is 28.4. The Hall–Kier alpha value is -2.66. The molecule has 1 amide bonds. The van der Waals surface area contributed by atoms with Crippen molar-refractivity contribution in [3.63, 3.8) is 0 Å². The second-order valence-electron chi connectivity index (χ2n) is 9.75. The Morgan fingerprint density at radius 2 is 1.68 bits per heavy atom. The Morgan fingerprint density at radius 3 is 2.16 bits per heavy atom. The van der Waals surface area contributed by atoms with Gasteiger partial charge in [-0.1, -0.05) is 37.0 Å². The van der Waals surface area contributed by atoms with E-state index >= 15 is 0 Å². The van der Waals surface area contributed by atoms with E-state index < -0.39 is 59.1 Å². The molecule has 0 aromatic carbocycles. The number of carbonyl (C=O) groups is 3. The molecule has 13 heteroatoms. The molecule has 0 radical (unpaired) electrons. The smallest absolute Gasteiger partial charge is 0.433 e. The fourth-order valence-corrected chi connectivity index (χ4v) is 5.51. The molecule has 1 fully saturated rings. The molecule has 2 aromatic heterocycles. The maximum Gasteiger partial charge on any atom is 0.433 e. The number of carboxylic acid groups (broad SMARTS) is 1. The number of aromatic nitrogens is 3. The summed E-state index contributed by atoms with van der Waals surface area (Å²) < 4.78 is 43.9. The summed E-state index contributed by atoms with van der Waals surface area (Å²) in [6.07, 6.45) is -0.157. The van der Waals surface area contributed by atoms with Gasteiger partial charge in [0.2, 0.25) is 0 Å². The van der Waals surface area contributed by atoms with E-state index in [-0.39, 0.29) is 41.3 Å². The van der Waals surface area contributed by atoms with E-state index in [4.69, 9.17) is 23.2 Å². The third kappa shape index (κ3) is 5.98. The van der Waals surface area contributed by atoms with Crippen molar-refractivity contribution in [3.05, 3.63) is 45.5 Å². The fourth-order valence-electron chi connectivity index (χ4n) is 4.94. The molecule has 0 saturated heterocycles. The molecule has 0 aliphatic heterocycles. The number of hydrogen-bond acceptors (Lipinski definition) is 5. The van der Waals surface area contributed by atoms with Gasteiger partial charge in [-0.2, -0.15) is 18.3 Å². The summed E-state index contributed by atoms with van der Waals surface area (Å²) in [5.74, 6) is -2.62. The van der Waals surface area contributed by atoms with E-state index in [2.05, 4.69) is 10.1 Å². The third-order valence-electron chi connectivity index (χ3n) is 7.31. The van der Waals surface area contributed by atoms with E-state index in [0.29, 0.717) is 12.8 Å². The molecular formula is C25H29Cl2F3N4O4. The van der Waals surface area contributed by atoms with Crippen LogP contribution >= 0.6 is 23.2 Å². The zero-order valence-corrected chi connectivity index (χ0v) is 22.7. The molecule has 0 bridgehead atoms. The molecule has 0 spiro atoms. The SMILES string of the molecule is CCC(CC)N(CC(=O)c1c(Cl)cncc1Cl)C(=O)c1cnn(C2CCC(C)(C(=O)O)CC2)c1C(F)(F)F. The van der Waals surface area contributed by atoms with Crippen LogP contribution in [0, 0.1) is 5.41 Å². The van der Waals surface area contributed by atoms with Gasteiger partial charge in [-0.15, -0.1) is 0 Å². The number of halogens is 5. The van der Waals surface area contributed by atoms with Crippen LogP contribution in [-0.2, 0) is 11.0 Å². The van der Waals surface area contributed by atoms with Crippen LogP contribution in [-0.4, -0.2) is 55.0 Å². The van der Waals surface area contributed by atoms with Crippen LogP contribution in [0.1, 0.15) is 91.7 Å². The molecule has 1 N–H and O–H groups in total. The maximum absolute atomic E-state index is 14.4. The number of alkyl halides is 3. The lowest BCUT2D eigenvalue weighted by Crippen LogP contribution is -2.44. The molecule has 1 aliphatic carbocycles. The summed E-state index contributed by atoms with van der Waals surface area (Å²) in [6, 6.07) is -1.26. The number of amides is 1. The molecule has 2 heterocycles. The number of aliphatic carboxylic acids is 1. The predicted octanol–water partition coefficient (Wildman–Crippen LogP) is 6.32. The van der Waals surface area contributed by atoms with Crippen molar-refractivity contribution in [2.45, 2.75) is 77.6 Å². The minimum absolute atomic E-state index is 0.0334. The van der Waals surface area contributed by atoms with Crippen LogP contribution in [0.25, 0.3) is 0 Å². The number of nitrogens with zero attached hydrogens (tertiary/aromatic N) is 4. The maximum atomic E-state index is 14.4. The van der Waals surface area contributed by atoms with Gasteiger partial charge in [0.1, 0.15) is 0 Å². The Bertz CT molecular complexity index is 1190. The molecule has 0 unspecified atom stereocenters. The quantitative estimate of drug-likeness (QED) is 0.350. The Balaban J connectivity index is 2.00. The first kappa shape index (κ1) is 29.9. The van der Waals surface area contributed by atoms with E-state index in [1.807, 2.05) is 0 Å². The molecule has 208 valence electrons. The number of carboxylic acids is 1. The van der Waals surface area contributed by atoms with Crippen molar-refractivity contribution in [1.82, 2.24) is 19.7 Å². The minimum Gasteiger partial charge on any atom is -0.481 e. The first-order valence-electron chi connectivity index (χ1n) is 12.3. The number of hydrogen-bond donors (Lipinski definition) is 1. The van der Waals surface area contributed by atoms with Crippen molar-refractivity contribution < 1.29 is 32.7 Å². The van der Waals surface area contributed by atoms with Gasteiger partial charge in [0, 0.05) is 18.4 Å². The summed E-state index contributed by atoms with van der Waals surface area (Å²) in [5, 5.41) is 13.3. The van der Waals surface area contributed by atoms with Gasteiger partial charge in [-0.05, 0) is 45.4 Å². The van der Waals surface area contributed by atoms with Crippen LogP contribution < -0.4 is 0 Å². The first-order valence-corrected chi connectivity index (χ1v) is 13.0. The first-order chi connectivity index (χ1) is 17.7. The van der Waals surface area contributed by atoms with Crippen LogP contribution in [0.3, 0.4) is 0 Å². The third-order valence-corrected chi connectivity index (χ3v) is 7.88. The topological polar surface area (TPSA) is 105 Å². The van der Waals surface area contributed by atoms with E-state index in [0.717, 1.165) is 15.8 Å². The van der Waals surface area contributed by atoms with Crippen molar-refractivity contribution in [2.75, 3.05) is 6.54 Å². The number of Topliss-reactive ketones (excluding diaryl/α,β-unsaturated/α-hetero) is 1. The molecular weight excluding hydrogens is 548 g/mol. The lowest BCUT2D eigenvalue weighted by Gasteiger charge is -2.35. The molecule has 8 nitrogen and oxygen atoms in total. The van der Waals surface area contributed by atoms with E-state index in [1.165, 1.54) is 12.4 Å². The number of pyridine rings is 1. The molecule has 0 atom stereocenters. The van der Waals surface area contributed by atoms with Crippen LogP contribution in [0.5, 0.6) is 0 Å². The lowest BCUT2D eigenvalue weighted by atomic mass is 9.74. The zero-order valence-electron chi connectivity index (χ0n) is 21.2. The monoisotopic (exact) mass is 576 g/mol. The van der Waals surface area contributed by atoms with Gasteiger partial charge in [-0.3, -0.25) is 24.0 Å². The number of carbonyl (C=O) groups excluding carboxylic acids is 2. The molecule has 1 aliphatic rings. The van der Waals surface area contributed by atoms with Crippen LogP contribution in [0.4, 0.5) is 13.2 Å². The highest BCUT2D eigenvalue weighted by molar-refractivity contribution is 6.39. The average Bonchev–Trinajstić information content (AvgIpc) is 3.30. The highest BCUT2D eigenvalue weighted by Gasteiger charge is 2.45. The minimum atomic E-state index is -4.92. The van der Waals surface area contributed by atoms with Crippen molar-refractivity contribution in [2.24, 2.45) is 5.41 Å². The van der Waals surface area contributed by atoms with E-state index in [1.54, 1.807) is 20.8 Å². The molecule has 38 heavy (non-hydrogen) atoms. The van der Waals surface area contributed by atoms with Crippen molar-refractivity contribution in [3.8, 4) is 0 Å². The normalized spacial score (nSPS) is 20.0. The largest absolute Gasteiger partial charge is 0.481 e. The number of ketones is 1. The fraction of sp³-hybridized carbons (Fsp3) is 0.560. The molecule has 2 aromatic rings. The summed E-state index contributed by atoms with van der Waals surface area (Å²) in [5.41, 5.74) is -2.98. The van der Waals surface area contributed by atoms with Gasteiger partial charge in [-0.25, -0.2) is 0 Å². The number of rotatable bonds is 9. The lowest BCUT2D eigenvalue weighted by molar-refractivity contribution is -0.152. The highest BCUT2D eigenvalue weighted by Crippen LogP contribution is 2.43. The van der Waals surface area contributed by atoms with Gasteiger partial charge >= 0.3 is 12.1 Å². The highest BCUT2D eigenvalue weighted by atomic mass is 35.5. The Morgan fingerprint density at radius 1 is 1.13 bits per heavy atom. The Kier molecular flexibility index (Phi) is 9.13. The van der Waals surface area contributed by atoms with Crippen LogP contribution in [0.15, 0.2) is 18.6 Å². The summed E-state index contributed by atoms with van der Waals surface area (Å²) in [6.45, 7) is 4.55. The summed E-state index contributed by atoms with van der Waals surface area (Å²) >= 11 is 12.2. The molecule has 3 rings (SSSR count). The second kappa shape index (κ2) is 11.6. The Labute approximate surface area is 228 Å². The van der Waals surface area contributed by atoms with Crippen LogP contribution in [0.2, 0.25) is 10.0 Å². The van der Waals surface area contributed by atoms with Crippen molar-refractivity contribution in [1.29, 1.82) is 0 Å². The van der Waals surface area contributed by atoms with Gasteiger partial charge in [0.15, 0.2) is 11.5 Å².